The van der Waals surface area contributed by atoms with E-state index in [-0.39, 0.29) is 6.10 Å². The van der Waals surface area contributed by atoms with E-state index in [2.05, 4.69) is 5.16 Å². The SMILES string of the molecule is CC/C(=N/OC(C)C)c1cccc(C(F)(F)F)c1. The van der Waals surface area contributed by atoms with Gasteiger partial charge < -0.3 is 4.84 Å². The molecule has 2 nitrogen and oxygen atoms in total. The molecule has 0 spiro atoms. The molecule has 100 valence electrons. The number of hydrogen-bond acceptors (Lipinski definition) is 2. The summed E-state index contributed by atoms with van der Waals surface area (Å²) >= 11 is 0. The van der Waals surface area contributed by atoms with Crippen molar-refractivity contribution < 1.29 is 18.0 Å². The fourth-order valence-electron chi connectivity index (χ4n) is 1.37. The van der Waals surface area contributed by atoms with Gasteiger partial charge in [0.1, 0.15) is 6.10 Å². The first kappa shape index (κ1) is 14.5. The highest BCUT2D eigenvalue weighted by Gasteiger charge is 2.30. The Bertz CT molecular complexity index is 424. The third-order valence-electron chi connectivity index (χ3n) is 2.23. The second kappa shape index (κ2) is 5.89. The van der Waals surface area contributed by atoms with Crippen molar-refractivity contribution >= 4 is 5.71 Å². The predicted molar refractivity (Wildman–Crippen MR) is 64.5 cm³/mol. The van der Waals surface area contributed by atoms with Gasteiger partial charge in [-0.2, -0.15) is 13.2 Å². The lowest BCUT2D eigenvalue weighted by atomic mass is 10.0. The lowest BCUT2D eigenvalue weighted by Gasteiger charge is -2.10. The van der Waals surface area contributed by atoms with Gasteiger partial charge in [-0.25, -0.2) is 0 Å². The number of benzene rings is 1. The number of hydrogen-bond donors (Lipinski definition) is 0. The van der Waals surface area contributed by atoms with Gasteiger partial charge in [0, 0.05) is 0 Å². The van der Waals surface area contributed by atoms with E-state index in [4.69, 9.17) is 4.84 Å². The molecule has 0 saturated carbocycles. The summed E-state index contributed by atoms with van der Waals surface area (Å²) in [5.41, 5.74) is 0.272. The maximum absolute atomic E-state index is 12.6. The summed E-state index contributed by atoms with van der Waals surface area (Å²) in [6, 6.07) is 5.10. The van der Waals surface area contributed by atoms with Gasteiger partial charge in [0.25, 0.3) is 0 Å². The Morgan fingerprint density at radius 3 is 2.50 bits per heavy atom. The molecule has 0 aromatic heterocycles. The summed E-state index contributed by atoms with van der Waals surface area (Å²) in [5, 5.41) is 3.88. The monoisotopic (exact) mass is 259 g/mol. The van der Waals surface area contributed by atoms with E-state index in [9.17, 15) is 13.2 Å². The second-order valence-corrected chi connectivity index (χ2v) is 4.12. The van der Waals surface area contributed by atoms with Crippen molar-refractivity contribution in [2.24, 2.45) is 5.16 Å². The molecule has 0 heterocycles. The quantitative estimate of drug-likeness (QED) is 0.585. The molecule has 0 radical (unpaired) electrons. The van der Waals surface area contributed by atoms with Crippen molar-refractivity contribution in [3.63, 3.8) is 0 Å². The van der Waals surface area contributed by atoms with E-state index in [1.807, 2.05) is 20.8 Å². The summed E-state index contributed by atoms with van der Waals surface area (Å²) in [4.78, 5) is 5.08. The zero-order valence-electron chi connectivity index (χ0n) is 10.6. The van der Waals surface area contributed by atoms with Crippen molar-refractivity contribution in [1.82, 2.24) is 0 Å². The summed E-state index contributed by atoms with van der Waals surface area (Å²) < 4.78 is 37.7. The Morgan fingerprint density at radius 2 is 2.00 bits per heavy atom. The Labute approximate surface area is 104 Å². The van der Waals surface area contributed by atoms with Gasteiger partial charge in [-0.3, -0.25) is 0 Å². The van der Waals surface area contributed by atoms with Crippen LogP contribution in [0.5, 0.6) is 0 Å². The van der Waals surface area contributed by atoms with E-state index >= 15 is 0 Å². The summed E-state index contributed by atoms with van der Waals surface area (Å²) in [5.74, 6) is 0. The van der Waals surface area contributed by atoms with Crippen molar-refractivity contribution in [3.8, 4) is 0 Å². The zero-order chi connectivity index (χ0) is 13.8. The molecule has 0 unspecified atom stereocenters. The first-order chi connectivity index (χ1) is 8.34. The maximum atomic E-state index is 12.6. The van der Waals surface area contributed by atoms with Gasteiger partial charge >= 0.3 is 6.18 Å². The molecule has 18 heavy (non-hydrogen) atoms. The minimum absolute atomic E-state index is 0.0997. The van der Waals surface area contributed by atoms with Crippen LogP contribution >= 0.6 is 0 Å². The lowest BCUT2D eigenvalue weighted by molar-refractivity contribution is -0.137. The van der Waals surface area contributed by atoms with Gasteiger partial charge in [0.05, 0.1) is 11.3 Å². The molecule has 0 aliphatic rings. The molecule has 0 saturated heterocycles. The van der Waals surface area contributed by atoms with Crippen LogP contribution < -0.4 is 0 Å². The van der Waals surface area contributed by atoms with Crippen molar-refractivity contribution in [3.05, 3.63) is 35.4 Å². The molecule has 0 aliphatic carbocycles. The number of rotatable bonds is 4. The molecular formula is C13H16F3NO. The summed E-state index contributed by atoms with van der Waals surface area (Å²) in [6.45, 7) is 5.44. The van der Waals surface area contributed by atoms with Crippen LogP contribution in [0.25, 0.3) is 0 Å². The molecule has 1 aromatic carbocycles. The highest BCUT2D eigenvalue weighted by molar-refractivity contribution is 6.00. The van der Waals surface area contributed by atoms with Crippen LogP contribution in [0.2, 0.25) is 0 Å². The first-order valence-corrected chi connectivity index (χ1v) is 5.75. The van der Waals surface area contributed by atoms with Crippen molar-refractivity contribution in [1.29, 1.82) is 0 Å². The average molecular weight is 259 g/mol. The molecule has 0 aliphatic heterocycles. The number of halogens is 3. The van der Waals surface area contributed by atoms with Crippen LogP contribution in [0.3, 0.4) is 0 Å². The van der Waals surface area contributed by atoms with Gasteiger partial charge in [-0.05, 0) is 38.0 Å². The molecule has 0 N–H and O–H groups in total. The largest absolute Gasteiger partial charge is 0.416 e. The molecule has 0 fully saturated rings. The van der Waals surface area contributed by atoms with E-state index in [1.54, 1.807) is 6.07 Å². The fraction of sp³-hybridized carbons (Fsp3) is 0.462. The standard InChI is InChI=1S/C13H16F3NO/c1-4-12(17-18-9(2)3)10-6-5-7-11(8-10)13(14,15)16/h5-9H,4H2,1-3H3/b17-12-. The van der Waals surface area contributed by atoms with Crippen LogP contribution in [0.15, 0.2) is 29.4 Å². The van der Waals surface area contributed by atoms with Crippen LogP contribution in [-0.4, -0.2) is 11.8 Å². The molecule has 1 aromatic rings. The summed E-state index contributed by atoms with van der Waals surface area (Å²) in [6.07, 6.45) is -3.93. The van der Waals surface area contributed by atoms with E-state index in [0.717, 1.165) is 12.1 Å². The highest BCUT2D eigenvalue weighted by Crippen LogP contribution is 2.29. The zero-order valence-corrected chi connectivity index (χ0v) is 10.6. The average Bonchev–Trinajstić information content (AvgIpc) is 2.29. The number of nitrogens with zero attached hydrogens (tertiary/aromatic N) is 1. The molecular weight excluding hydrogens is 243 g/mol. The molecule has 0 amide bonds. The second-order valence-electron chi connectivity index (χ2n) is 4.12. The Morgan fingerprint density at radius 1 is 1.33 bits per heavy atom. The molecule has 0 bridgehead atoms. The summed E-state index contributed by atoms with van der Waals surface area (Å²) in [7, 11) is 0. The van der Waals surface area contributed by atoms with E-state index < -0.39 is 11.7 Å². The molecule has 5 heteroatoms. The van der Waals surface area contributed by atoms with Crippen LogP contribution in [0, 0.1) is 0 Å². The van der Waals surface area contributed by atoms with E-state index in [1.165, 1.54) is 6.07 Å². The Hall–Kier alpha value is -1.52. The normalized spacial score (nSPS) is 12.9. The van der Waals surface area contributed by atoms with Crippen LogP contribution in [0.4, 0.5) is 13.2 Å². The smallest absolute Gasteiger partial charge is 0.393 e. The first-order valence-electron chi connectivity index (χ1n) is 5.75. The fourth-order valence-corrected chi connectivity index (χ4v) is 1.37. The number of alkyl halides is 3. The Kier molecular flexibility index (Phi) is 4.76. The van der Waals surface area contributed by atoms with Gasteiger partial charge in [-0.1, -0.05) is 24.2 Å². The predicted octanol–water partition coefficient (Wildman–Crippen LogP) is 4.24. The van der Waals surface area contributed by atoms with Crippen LogP contribution in [0.1, 0.15) is 38.3 Å². The third-order valence-corrected chi connectivity index (χ3v) is 2.23. The third kappa shape index (κ3) is 4.05. The number of oxime groups is 1. The van der Waals surface area contributed by atoms with Gasteiger partial charge in [0.2, 0.25) is 0 Å². The van der Waals surface area contributed by atoms with Crippen molar-refractivity contribution in [2.75, 3.05) is 0 Å². The van der Waals surface area contributed by atoms with Gasteiger partial charge in [0.15, 0.2) is 0 Å². The highest BCUT2D eigenvalue weighted by atomic mass is 19.4. The van der Waals surface area contributed by atoms with E-state index in [0.29, 0.717) is 17.7 Å². The molecule has 0 atom stereocenters. The maximum Gasteiger partial charge on any atom is 0.416 e. The van der Waals surface area contributed by atoms with Gasteiger partial charge in [-0.15, -0.1) is 0 Å². The molecule has 1 rings (SSSR count). The minimum atomic E-state index is -4.34. The van der Waals surface area contributed by atoms with Crippen molar-refractivity contribution in [2.45, 2.75) is 39.5 Å². The Balaban J connectivity index is 3.04. The topological polar surface area (TPSA) is 21.6 Å². The lowest BCUT2D eigenvalue weighted by Crippen LogP contribution is -2.08. The van der Waals surface area contributed by atoms with Crippen LogP contribution in [-0.2, 0) is 11.0 Å². The minimum Gasteiger partial charge on any atom is -0.393 e.